The summed E-state index contributed by atoms with van der Waals surface area (Å²) >= 11 is 6.09. The number of fused-ring (bicyclic) bond motifs is 1. The predicted octanol–water partition coefficient (Wildman–Crippen LogP) is 3.70. The SMILES string of the molecule is O=C(Cc1ccccc1Cl)c1cccc2c1OCC2. The molecule has 2 aromatic rings. The van der Waals surface area contributed by atoms with Gasteiger partial charge in [0.25, 0.3) is 0 Å². The van der Waals surface area contributed by atoms with Gasteiger partial charge in [0.2, 0.25) is 0 Å². The van der Waals surface area contributed by atoms with Gasteiger partial charge >= 0.3 is 0 Å². The number of ketones is 1. The number of halogens is 1. The van der Waals surface area contributed by atoms with Crippen molar-refractivity contribution in [1.29, 1.82) is 0 Å². The van der Waals surface area contributed by atoms with Crippen LogP contribution in [0.15, 0.2) is 42.5 Å². The molecule has 0 saturated carbocycles. The summed E-state index contributed by atoms with van der Waals surface area (Å²) in [6.07, 6.45) is 1.18. The van der Waals surface area contributed by atoms with Crippen LogP contribution in [0.4, 0.5) is 0 Å². The number of carbonyl (C=O) groups is 1. The van der Waals surface area contributed by atoms with Crippen LogP contribution < -0.4 is 4.74 Å². The van der Waals surface area contributed by atoms with Crippen LogP contribution in [0.5, 0.6) is 5.75 Å². The van der Waals surface area contributed by atoms with Gasteiger partial charge in [-0.2, -0.15) is 0 Å². The molecule has 1 heterocycles. The predicted molar refractivity (Wildman–Crippen MR) is 75.1 cm³/mol. The quantitative estimate of drug-likeness (QED) is 0.797. The van der Waals surface area contributed by atoms with Gasteiger partial charge in [-0.05, 0) is 23.3 Å². The van der Waals surface area contributed by atoms with E-state index in [1.807, 2.05) is 36.4 Å². The molecule has 0 unspecified atom stereocenters. The molecule has 96 valence electrons. The third-order valence-electron chi connectivity index (χ3n) is 3.32. The average molecular weight is 273 g/mol. The van der Waals surface area contributed by atoms with Gasteiger partial charge in [0.15, 0.2) is 5.78 Å². The van der Waals surface area contributed by atoms with Gasteiger partial charge in [-0.1, -0.05) is 41.9 Å². The lowest BCUT2D eigenvalue weighted by molar-refractivity contribution is 0.0990. The van der Waals surface area contributed by atoms with Crippen molar-refractivity contribution in [3.8, 4) is 5.75 Å². The second kappa shape index (κ2) is 5.06. The first-order valence-electron chi connectivity index (χ1n) is 6.27. The van der Waals surface area contributed by atoms with Gasteiger partial charge in [-0.15, -0.1) is 0 Å². The molecule has 19 heavy (non-hydrogen) atoms. The summed E-state index contributed by atoms with van der Waals surface area (Å²) in [5, 5.41) is 0.629. The van der Waals surface area contributed by atoms with Crippen LogP contribution in [0, 0.1) is 0 Å². The standard InChI is InChI=1S/C16H13ClO2/c17-14-7-2-1-4-12(14)10-15(18)13-6-3-5-11-8-9-19-16(11)13/h1-7H,8-10H2. The molecule has 0 fully saturated rings. The van der Waals surface area contributed by atoms with Gasteiger partial charge in [0.05, 0.1) is 12.2 Å². The molecule has 0 aliphatic carbocycles. The first-order chi connectivity index (χ1) is 9.25. The minimum Gasteiger partial charge on any atom is -0.492 e. The number of hydrogen-bond acceptors (Lipinski definition) is 2. The molecule has 0 saturated heterocycles. The summed E-state index contributed by atoms with van der Waals surface area (Å²) in [5.74, 6) is 0.798. The van der Waals surface area contributed by atoms with Crippen molar-refractivity contribution in [1.82, 2.24) is 0 Å². The van der Waals surface area contributed by atoms with Crippen molar-refractivity contribution in [3.05, 3.63) is 64.2 Å². The van der Waals surface area contributed by atoms with Crippen molar-refractivity contribution in [2.45, 2.75) is 12.8 Å². The zero-order valence-corrected chi connectivity index (χ0v) is 11.1. The Morgan fingerprint density at radius 2 is 2.00 bits per heavy atom. The highest BCUT2D eigenvalue weighted by atomic mass is 35.5. The number of hydrogen-bond donors (Lipinski definition) is 0. The maximum absolute atomic E-state index is 12.4. The van der Waals surface area contributed by atoms with Crippen LogP contribution >= 0.6 is 11.6 Å². The zero-order chi connectivity index (χ0) is 13.2. The van der Waals surface area contributed by atoms with Crippen molar-refractivity contribution in [3.63, 3.8) is 0 Å². The Hall–Kier alpha value is -1.80. The maximum atomic E-state index is 12.4. The number of ether oxygens (including phenoxy) is 1. The van der Waals surface area contributed by atoms with E-state index in [0.717, 1.165) is 23.3 Å². The monoisotopic (exact) mass is 272 g/mol. The molecule has 1 aliphatic rings. The molecule has 0 bridgehead atoms. The minimum absolute atomic E-state index is 0.0480. The van der Waals surface area contributed by atoms with Crippen LogP contribution in [0.2, 0.25) is 5.02 Å². The molecule has 0 atom stereocenters. The molecule has 0 radical (unpaired) electrons. The molecule has 2 nitrogen and oxygen atoms in total. The Bertz CT molecular complexity index is 634. The molecule has 0 amide bonds. The third kappa shape index (κ3) is 2.36. The smallest absolute Gasteiger partial charge is 0.171 e. The zero-order valence-electron chi connectivity index (χ0n) is 10.4. The number of benzene rings is 2. The van der Waals surface area contributed by atoms with E-state index in [0.29, 0.717) is 23.6 Å². The molecule has 1 aliphatic heterocycles. The highest BCUT2D eigenvalue weighted by molar-refractivity contribution is 6.31. The van der Waals surface area contributed by atoms with Crippen LogP contribution in [0.25, 0.3) is 0 Å². The van der Waals surface area contributed by atoms with Crippen molar-refractivity contribution < 1.29 is 9.53 Å². The second-order valence-electron chi connectivity index (χ2n) is 4.58. The minimum atomic E-state index is 0.0480. The lowest BCUT2D eigenvalue weighted by Crippen LogP contribution is -2.06. The van der Waals surface area contributed by atoms with Crippen LogP contribution in [-0.2, 0) is 12.8 Å². The van der Waals surface area contributed by atoms with Crippen molar-refractivity contribution in [2.24, 2.45) is 0 Å². The van der Waals surface area contributed by atoms with E-state index in [9.17, 15) is 4.79 Å². The van der Waals surface area contributed by atoms with Gasteiger partial charge < -0.3 is 4.74 Å². The molecule has 0 aromatic heterocycles. The summed E-state index contributed by atoms with van der Waals surface area (Å²) < 4.78 is 5.56. The number of Topliss-reactive ketones (excluding diaryl/α,β-unsaturated/α-hetero) is 1. The largest absolute Gasteiger partial charge is 0.492 e. The van der Waals surface area contributed by atoms with Gasteiger partial charge in [-0.25, -0.2) is 0 Å². The van der Waals surface area contributed by atoms with Crippen molar-refractivity contribution >= 4 is 17.4 Å². The number of carbonyl (C=O) groups excluding carboxylic acids is 1. The number of rotatable bonds is 3. The summed E-state index contributed by atoms with van der Waals surface area (Å²) in [6.45, 7) is 0.658. The van der Waals surface area contributed by atoms with Crippen LogP contribution in [-0.4, -0.2) is 12.4 Å². The Morgan fingerprint density at radius 3 is 2.84 bits per heavy atom. The second-order valence-corrected chi connectivity index (χ2v) is 4.99. The fourth-order valence-corrected chi connectivity index (χ4v) is 2.55. The van der Waals surface area contributed by atoms with Crippen LogP contribution in [0.1, 0.15) is 21.5 Å². The highest BCUT2D eigenvalue weighted by Crippen LogP contribution is 2.30. The van der Waals surface area contributed by atoms with E-state index in [-0.39, 0.29) is 5.78 Å². The van der Waals surface area contributed by atoms with E-state index in [1.54, 1.807) is 6.07 Å². The molecule has 3 rings (SSSR count). The third-order valence-corrected chi connectivity index (χ3v) is 3.69. The summed E-state index contributed by atoms with van der Waals surface area (Å²) in [5.41, 5.74) is 2.63. The molecule has 2 aromatic carbocycles. The normalized spacial score (nSPS) is 12.9. The average Bonchev–Trinajstić information content (AvgIpc) is 2.89. The lowest BCUT2D eigenvalue weighted by Gasteiger charge is -2.08. The summed E-state index contributed by atoms with van der Waals surface area (Å²) in [7, 11) is 0. The van der Waals surface area contributed by atoms with E-state index in [1.165, 1.54) is 0 Å². The highest BCUT2D eigenvalue weighted by Gasteiger charge is 2.20. The maximum Gasteiger partial charge on any atom is 0.171 e. The molecule has 3 heteroatoms. The van der Waals surface area contributed by atoms with Gasteiger partial charge in [-0.3, -0.25) is 4.79 Å². The van der Waals surface area contributed by atoms with E-state index >= 15 is 0 Å². The molecular formula is C16H13ClO2. The van der Waals surface area contributed by atoms with E-state index < -0.39 is 0 Å². The Labute approximate surface area is 117 Å². The Balaban J connectivity index is 1.90. The fourth-order valence-electron chi connectivity index (χ4n) is 2.34. The molecular weight excluding hydrogens is 260 g/mol. The first kappa shape index (κ1) is 12.2. The van der Waals surface area contributed by atoms with Crippen molar-refractivity contribution in [2.75, 3.05) is 6.61 Å². The summed E-state index contributed by atoms with van der Waals surface area (Å²) in [4.78, 5) is 12.4. The van der Waals surface area contributed by atoms with Gasteiger partial charge in [0.1, 0.15) is 5.75 Å². The van der Waals surface area contributed by atoms with Gasteiger partial charge in [0, 0.05) is 17.9 Å². The topological polar surface area (TPSA) is 26.3 Å². The van der Waals surface area contributed by atoms with E-state index in [2.05, 4.69) is 0 Å². The molecule has 0 N–H and O–H groups in total. The first-order valence-corrected chi connectivity index (χ1v) is 6.65. The number of para-hydroxylation sites is 1. The molecule has 0 spiro atoms. The lowest BCUT2D eigenvalue weighted by atomic mass is 10.00. The van der Waals surface area contributed by atoms with Crippen LogP contribution in [0.3, 0.4) is 0 Å². The van der Waals surface area contributed by atoms with E-state index in [4.69, 9.17) is 16.3 Å². The Kier molecular flexibility index (Phi) is 3.26. The summed E-state index contributed by atoms with van der Waals surface area (Å²) in [6, 6.07) is 13.2. The Morgan fingerprint density at radius 1 is 1.16 bits per heavy atom. The fraction of sp³-hybridized carbons (Fsp3) is 0.188.